The second-order valence-corrected chi connectivity index (χ2v) is 4.18. The van der Waals surface area contributed by atoms with E-state index in [0.29, 0.717) is 37.9 Å². The van der Waals surface area contributed by atoms with E-state index in [-0.39, 0.29) is 6.67 Å². The predicted molar refractivity (Wildman–Crippen MR) is 50.3 cm³/mol. The maximum atomic E-state index is 13.1. The van der Waals surface area contributed by atoms with E-state index in [1.165, 1.54) is 0 Å². The fraction of sp³-hybridized carbons (Fsp3) is 1.00. The lowest BCUT2D eigenvalue weighted by Crippen LogP contribution is -2.34. The number of rotatable bonds is 4. The van der Waals surface area contributed by atoms with Crippen LogP contribution in [0.1, 0.15) is 26.7 Å². The highest BCUT2D eigenvalue weighted by molar-refractivity contribution is 4.86. The summed E-state index contributed by atoms with van der Waals surface area (Å²) in [4.78, 5) is 2.09. The van der Waals surface area contributed by atoms with Crippen LogP contribution in [0, 0.1) is 5.92 Å². The van der Waals surface area contributed by atoms with E-state index in [0.717, 1.165) is 0 Å². The van der Waals surface area contributed by atoms with Gasteiger partial charge in [0, 0.05) is 19.1 Å². The molecule has 0 aromatic heterocycles. The van der Waals surface area contributed by atoms with Crippen molar-refractivity contribution in [1.29, 1.82) is 0 Å². The van der Waals surface area contributed by atoms with E-state index in [1.807, 2.05) is 0 Å². The molecule has 0 bridgehead atoms. The third-order valence-electron chi connectivity index (χ3n) is 2.75. The molecule has 1 heterocycles. The van der Waals surface area contributed by atoms with Gasteiger partial charge in [0.15, 0.2) is 0 Å². The predicted octanol–water partition coefficient (Wildman–Crippen LogP) is 2.41. The minimum absolute atomic E-state index is 0.293. The molecule has 0 radical (unpaired) electrons. The first-order valence-electron chi connectivity index (χ1n) is 5.09. The molecule has 0 saturated carbocycles. The van der Waals surface area contributed by atoms with Crippen LogP contribution in [-0.4, -0.2) is 36.9 Å². The molecule has 0 aliphatic carbocycles. The summed E-state index contributed by atoms with van der Waals surface area (Å²) in [5, 5.41) is 0. The van der Waals surface area contributed by atoms with Crippen LogP contribution in [0.3, 0.4) is 0 Å². The Balaban J connectivity index is 2.41. The number of hydrogen-bond donors (Lipinski definition) is 0. The normalized spacial score (nSPS) is 30.2. The van der Waals surface area contributed by atoms with Gasteiger partial charge in [0.1, 0.15) is 6.17 Å². The van der Waals surface area contributed by atoms with Crippen molar-refractivity contribution in [2.24, 2.45) is 5.92 Å². The van der Waals surface area contributed by atoms with Crippen LogP contribution in [0.4, 0.5) is 8.78 Å². The first-order valence-corrected chi connectivity index (χ1v) is 5.09. The zero-order valence-corrected chi connectivity index (χ0v) is 8.47. The highest BCUT2D eigenvalue weighted by atomic mass is 19.1. The molecular formula is C10H19F2N. The van der Waals surface area contributed by atoms with E-state index >= 15 is 0 Å². The molecule has 3 heteroatoms. The molecule has 1 nitrogen and oxygen atoms in total. The summed E-state index contributed by atoms with van der Waals surface area (Å²) in [7, 11) is 0. The van der Waals surface area contributed by atoms with Crippen molar-refractivity contribution in [3.8, 4) is 0 Å². The first kappa shape index (κ1) is 10.9. The number of likely N-dealkylation sites (tertiary alicyclic amines) is 1. The van der Waals surface area contributed by atoms with Crippen molar-refractivity contribution in [2.45, 2.75) is 38.9 Å². The fourth-order valence-electron chi connectivity index (χ4n) is 2.09. The van der Waals surface area contributed by atoms with Gasteiger partial charge in [-0.15, -0.1) is 0 Å². The molecule has 13 heavy (non-hydrogen) atoms. The maximum absolute atomic E-state index is 13.1. The van der Waals surface area contributed by atoms with Crippen LogP contribution in [0.15, 0.2) is 0 Å². The van der Waals surface area contributed by atoms with Gasteiger partial charge in [-0.2, -0.15) is 0 Å². The second kappa shape index (κ2) is 4.89. The summed E-state index contributed by atoms with van der Waals surface area (Å²) in [6.45, 7) is 5.12. The summed E-state index contributed by atoms with van der Waals surface area (Å²) in [5.41, 5.74) is 0. The van der Waals surface area contributed by atoms with Crippen molar-refractivity contribution in [3.63, 3.8) is 0 Å². The standard InChI is InChI=1S/C10H19F2N/c1-8(2)10-6-9(12)7-13(10)5-3-4-11/h8-10H,3-7H2,1-2H3/t9-,10?/m1/s1. The Hall–Kier alpha value is -0.180. The Kier molecular flexibility index (Phi) is 4.10. The molecule has 0 amide bonds. The summed E-state index contributed by atoms with van der Waals surface area (Å²) in [6, 6.07) is 0.321. The maximum Gasteiger partial charge on any atom is 0.114 e. The highest BCUT2D eigenvalue weighted by Crippen LogP contribution is 2.25. The molecule has 1 rings (SSSR count). The van der Waals surface area contributed by atoms with Gasteiger partial charge in [-0.3, -0.25) is 9.29 Å². The van der Waals surface area contributed by atoms with Gasteiger partial charge in [0.25, 0.3) is 0 Å². The molecule has 1 saturated heterocycles. The zero-order valence-electron chi connectivity index (χ0n) is 8.47. The lowest BCUT2D eigenvalue weighted by molar-refractivity contribution is 0.195. The zero-order chi connectivity index (χ0) is 9.84. The topological polar surface area (TPSA) is 3.24 Å². The van der Waals surface area contributed by atoms with Crippen LogP contribution < -0.4 is 0 Å². The summed E-state index contributed by atoms with van der Waals surface area (Å²) < 4.78 is 25.0. The van der Waals surface area contributed by atoms with E-state index in [9.17, 15) is 8.78 Å². The lowest BCUT2D eigenvalue weighted by Gasteiger charge is -2.26. The number of nitrogens with zero attached hydrogens (tertiary/aromatic N) is 1. The van der Waals surface area contributed by atoms with Crippen LogP contribution in [0.5, 0.6) is 0 Å². The van der Waals surface area contributed by atoms with Gasteiger partial charge in [-0.05, 0) is 18.8 Å². The van der Waals surface area contributed by atoms with Gasteiger partial charge in [0.2, 0.25) is 0 Å². The molecule has 1 unspecified atom stereocenters. The van der Waals surface area contributed by atoms with E-state index in [1.54, 1.807) is 0 Å². The average molecular weight is 191 g/mol. The summed E-state index contributed by atoms with van der Waals surface area (Å²) >= 11 is 0. The minimum atomic E-state index is -0.702. The third-order valence-corrected chi connectivity index (χ3v) is 2.75. The molecular weight excluding hydrogens is 172 g/mol. The lowest BCUT2D eigenvalue weighted by atomic mass is 10.0. The third kappa shape index (κ3) is 2.90. The molecule has 0 aromatic rings. The smallest absolute Gasteiger partial charge is 0.114 e. The van der Waals surface area contributed by atoms with Crippen molar-refractivity contribution >= 4 is 0 Å². The highest BCUT2D eigenvalue weighted by Gasteiger charge is 2.33. The van der Waals surface area contributed by atoms with Gasteiger partial charge < -0.3 is 0 Å². The monoisotopic (exact) mass is 191 g/mol. The Morgan fingerprint density at radius 1 is 1.46 bits per heavy atom. The molecule has 1 aliphatic rings. The van der Waals surface area contributed by atoms with Gasteiger partial charge in [0.05, 0.1) is 6.67 Å². The van der Waals surface area contributed by atoms with Crippen molar-refractivity contribution < 1.29 is 8.78 Å². The minimum Gasteiger partial charge on any atom is -0.297 e. The van der Waals surface area contributed by atoms with Crippen LogP contribution in [-0.2, 0) is 0 Å². The fourth-order valence-corrected chi connectivity index (χ4v) is 2.09. The number of hydrogen-bond acceptors (Lipinski definition) is 1. The Morgan fingerprint density at radius 2 is 2.15 bits per heavy atom. The van der Waals surface area contributed by atoms with Crippen LogP contribution in [0.25, 0.3) is 0 Å². The SMILES string of the molecule is CC(C)C1C[C@@H](F)CN1CCCF. The van der Waals surface area contributed by atoms with Crippen LogP contribution >= 0.6 is 0 Å². The Bertz CT molecular complexity index is 150. The molecule has 1 aliphatic heterocycles. The number of alkyl halides is 2. The van der Waals surface area contributed by atoms with Gasteiger partial charge >= 0.3 is 0 Å². The van der Waals surface area contributed by atoms with E-state index < -0.39 is 6.17 Å². The molecule has 0 N–H and O–H groups in total. The Morgan fingerprint density at radius 3 is 2.69 bits per heavy atom. The van der Waals surface area contributed by atoms with Crippen molar-refractivity contribution in [2.75, 3.05) is 19.8 Å². The van der Waals surface area contributed by atoms with Crippen LogP contribution in [0.2, 0.25) is 0 Å². The first-order chi connectivity index (χ1) is 6.15. The van der Waals surface area contributed by atoms with Crippen molar-refractivity contribution in [1.82, 2.24) is 4.90 Å². The molecule has 0 aromatic carbocycles. The molecule has 2 atom stereocenters. The van der Waals surface area contributed by atoms with E-state index in [4.69, 9.17) is 0 Å². The average Bonchev–Trinajstić information content (AvgIpc) is 2.43. The summed E-state index contributed by atoms with van der Waals surface area (Å²) in [6.07, 6.45) is 0.465. The Labute approximate surface area is 79.1 Å². The number of halogens is 2. The molecule has 78 valence electrons. The largest absolute Gasteiger partial charge is 0.297 e. The van der Waals surface area contributed by atoms with Gasteiger partial charge in [-0.25, -0.2) is 4.39 Å². The molecule has 0 spiro atoms. The van der Waals surface area contributed by atoms with E-state index in [2.05, 4.69) is 18.7 Å². The quantitative estimate of drug-likeness (QED) is 0.659. The van der Waals surface area contributed by atoms with Gasteiger partial charge in [-0.1, -0.05) is 13.8 Å². The van der Waals surface area contributed by atoms with Crippen molar-refractivity contribution in [3.05, 3.63) is 0 Å². The molecule has 1 fully saturated rings. The summed E-state index contributed by atoms with van der Waals surface area (Å²) in [5.74, 6) is 0.473. The second-order valence-electron chi connectivity index (χ2n) is 4.18.